The number of nitroso groups, excluding NO2 is 1. The van der Waals surface area contributed by atoms with Gasteiger partial charge in [-0.05, 0) is 23.3 Å². The summed E-state index contributed by atoms with van der Waals surface area (Å²) in [7, 11) is 0. The molecule has 158 valence electrons. The molecule has 2 aromatic rings. The molecular weight excluding hydrogens is 396 g/mol. The summed E-state index contributed by atoms with van der Waals surface area (Å²) < 4.78 is 0. The van der Waals surface area contributed by atoms with Crippen LogP contribution >= 0.6 is 0 Å². The molecule has 0 radical (unpaired) electrons. The van der Waals surface area contributed by atoms with Crippen molar-refractivity contribution in [3.05, 3.63) is 88.8 Å². The Bertz CT molecular complexity index is 880. The molecule has 2 N–H and O–H groups in total. The Labute approximate surface area is 179 Å². The molecule has 0 aromatic heterocycles. The summed E-state index contributed by atoms with van der Waals surface area (Å²) in [4.78, 5) is 34.5. The molecule has 0 unspecified atom stereocenters. The Hall–Kier alpha value is -4.40. The van der Waals surface area contributed by atoms with Gasteiger partial charge in [0.1, 0.15) is 13.1 Å². The third kappa shape index (κ3) is 10.1. The van der Waals surface area contributed by atoms with Gasteiger partial charge in [0.15, 0.2) is 0 Å². The minimum atomic E-state index is -0.592. The van der Waals surface area contributed by atoms with Gasteiger partial charge in [0.05, 0.1) is 5.29 Å². The van der Waals surface area contributed by atoms with Gasteiger partial charge in [-0.2, -0.15) is 10.2 Å². The minimum absolute atomic E-state index is 0.422. The molecule has 31 heavy (non-hydrogen) atoms. The third-order valence-electron chi connectivity index (χ3n) is 3.64. The molecule has 0 saturated carbocycles. The minimum Gasteiger partial charge on any atom is -0.271 e. The number of hydrogen-bond donors (Lipinski definition) is 2. The molecule has 0 saturated heterocycles. The van der Waals surface area contributed by atoms with E-state index in [1.54, 1.807) is 12.2 Å². The van der Waals surface area contributed by atoms with Gasteiger partial charge in [-0.25, -0.2) is 15.9 Å². The average molecular weight is 418 g/mol. The summed E-state index contributed by atoms with van der Waals surface area (Å²) in [5.74, 6) is -1.18. The summed E-state index contributed by atoms with van der Waals surface area (Å²) >= 11 is 0. The van der Waals surface area contributed by atoms with Gasteiger partial charge in [-0.3, -0.25) is 9.59 Å². The topological polar surface area (TPSA) is 116 Å². The molecule has 0 aliphatic heterocycles. The van der Waals surface area contributed by atoms with Crippen LogP contribution in [0.1, 0.15) is 11.1 Å². The smallest absolute Gasteiger partial charge is 0.261 e. The third-order valence-corrected chi connectivity index (χ3v) is 3.64. The van der Waals surface area contributed by atoms with Crippen molar-refractivity contribution in [2.75, 3.05) is 13.1 Å². The number of nitrogens with one attached hydrogen (secondary N) is 2. The van der Waals surface area contributed by atoms with E-state index in [1.807, 2.05) is 72.8 Å². The van der Waals surface area contributed by atoms with Gasteiger partial charge >= 0.3 is 0 Å². The fourth-order valence-corrected chi connectivity index (χ4v) is 2.26. The van der Waals surface area contributed by atoms with E-state index in [-0.39, 0.29) is 0 Å². The molecule has 0 aliphatic carbocycles. The first-order chi connectivity index (χ1) is 15.2. The second-order valence-corrected chi connectivity index (χ2v) is 6.07. The highest BCUT2D eigenvalue weighted by atomic mass is 16.3. The molecule has 9 heteroatoms. The normalized spacial score (nSPS) is 11.4. The first-order valence-electron chi connectivity index (χ1n) is 9.33. The van der Waals surface area contributed by atoms with Gasteiger partial charge < -0.3 is 0 Å². The number of rotatable bonds is 11. The summed E-state index contributed by atoms with van der Waals surface area (Å²) in [6, 6.07) is 19.1. The van der Waals surface area contributed by atoms with Crippen LogP contribution in [0.2, 0.25) is 0 Å². The van der Waals surface area contributed by atoms with E-state index in [0.717, 1.165) is 16.1 Å². The summed E-state index contributed by atoms with van der Waals surface area (Å²) in [6.45, 7) is -0.845. The van der Waals surface area contributed by atoms with Crippen molar-refractivity contribution in [3.63, 3.8) is 0 Å². The maximum Gasteiger partial charge on any atom is 0.261 e. The van der Waals surface area contributed by atoms with Gasteiger partial charge in [0.25, 0.3) is 11.8 Å². The first-order valence-corrected chi connectivity index (χ1v) is 9.33. The fourth-order valence-electron chi connectivity index (χ4n) is 2.26. The molecule has 0 fully saturated rings. The number of hydrazone groups is 2. The standard InChI is InChI=1S/C22H22N6O3/c29-21(25-23-15-7-13-19-9-3-1-4-10-19)17-28(27-31)18-22(30)26-24-16-8-14-20-11-5-2-6-12-20/h1-16H,17-18H2,(H,25,29)(H,26,30)/b13-7+,14-8+,23-15+,24-16+. The van der Waals surface area contributed by atoms with Crippen LogP contribution < -0.4 is 10.9 Å². The Morgan fingerprint density at radius 3 is 1.55 bits per heavy atom. The van der Waals surface area contributed by atoms with Crippen LogP contribution in [0.5, 0.6) is 0 Å². The predicted molar refractivity (Wildman–Crippen MR) is 122 cm³/mol. The molecule has 2 aromatic carbocycles. The zero-order valence-corrected chi connectivity index (χ0v) is 16.7. The molecule has 2 rings (SSSR count). The lowest BCUT2D eigenvalue weighted by Crippen LogP contribution is -2.37. The van der Waals surface area contributed by atoms with Crippen molar-refractivity contribution in [2.45, 2.75) is 0 Å². The lowest BCUT2D eigenvalue weighted by Gasteiger charge is -2.12. The molecule has 2 amide bonds. The van der Waals surface area contributed by atoms with Gasteiger partial charge in [-0.15, -0.1) is 4.91 Å². The van der Waals surface area contributed by atoms with Crippen molar-refractivity contribution in [1.82, 2.24) is 15.9 Å². The van der Waals surface area contributed by atoms with Gasteiger partial charge in [0.2, 0.25) is 0 Å². The number of hydrogen-bond acceptors (Lipinski definition) is 6. The second kappa shape index (κ2) is 13.7. The van der Waals surface area contributed by atoms with Crippen LogP contribution in [-0.2, 0) is 9.59 Å². The van der Waals surface area contributed by atoms with Crippen LogP contribution in [0, 0.1) is 4.91 Å². The van der Waals surface area contributed by atoms with Crippen LogP contribution in [0.25, 0.3) is 12.2 Å². The average Bonchev–Trinajstić information content (AvgIpc) is 2.79. The van der Waals surface area contributed by atoms with Crippen LogP contribution in [0.15, 0.2) is 88.3 Å². The molecule has 0 bridgehead atoms. The molecular formula is C22H22N6O3. The number of carbonyl (C=O) groups excluding carboxylic acids is 2. The summed E-state index contributed by atoms with van der Waals surface area (Å²) in [6.07, 6.45) is 9.73. The van der Waals surface area contributed by atoms with E-state index >= 15 is 0 Å². The van der Waals surface area contributed by atoms with Crippen LogP contribution in [0.3, 0.4) is 0 Å². The van der Waals surface area contributed by atoms with Crippen LogP contribution in [0.4, 0.5) is 0 Å². The van der Waals surface area contributed by atoms with Crippen LogP contribution in [-0.4, -0.2) is 42.3 Å². The van der Waals surface area contributed by atoms with Crippen molar-refractivity contribution in [1.29, 1.82) is 0 Å². The number of nitrogens with zero attached hydrogens (tertiary/aromatic N) is 4. The monoisotopic (exact) mass is 418 g/mol. The number of allylic oxidation sites excluding steroid dienone is 2. The van der Waals surface area contributed by atoms with E-state index in [4.69, 9.17) is 0 Å². The lowest BCUT2D eigenvalue weighted by atomic mass is 10.2. The van der Waals surface area contributed by atoms with E-state index in [0.29, 0.717) is 0 Å². The van der Waals surface area contributed by atoms with Gasteiger partial charge in [0, 0.05) is 12.4 Å². The van der Waals surface area contributed by atoms with Gasteiger partial charge in [-0.1, -0.05) is 72.8 Å². The highest BCUT2D eigenvalue weighted by Crippen LogP contribution is 2.00. The molecule has 0 atom stereocenters. The first kappa shape index (κ1) is 22.9. The Morgan fingerprint density at radius 1 is 0.742 bits per heavy atom. The number of amides is 2. The highest BCUT2D eigenvalue weighted by Gasteiger charge is 2.13. The summed E-state index contributed by atoms with van der Waals surface area (Å²) in [5, 5.41) is 10.9. The lowest BCUT2D eigenvalue weighted by molar-refractivity contribution is -0.125. The fraction of sp³-hybridized carbons (Fsp3) is 0.0909. The number of carbonyl (C=O) groups is 2. The Kier molecular flexibility index (Phi) is 10.1. The zero-order chi connectivity index (χ0) is 22.2. The quantitative estimate of drug-likeness (QED) is 0.331. The molecule has 9 nitrogen and oxygen atoms in total. The number of benzene rings is 2. The Morgan fingerprint density at radius 2 is 1.16 bits per heavy atom. The van der Waals surface area contributed by atoms with Crippen molar-refractivity contribution in [2.24, 2.45) is 15.5 Å². The zero-order valence-electron chi connectivity index (χ0n) is 16.7. The van der Waals surface area contributed by atoms with E-state index in [2.05, 4.69) is 26.3 Å². The molecule has 0 spiro atoms. The second-order valence-electron chi connectivity index (χ2n) is 6.07. The van der Waals surface area contributed by atoms with E-state index < -0.39 is 24.9 Å². The van der Waals surface area contributed by atoms with Crippen molar-refractivity contribution in [3.8, 4) is 0 Å². The van der Waals surface area contributed by atoms with E-state index in [1.165, 1.54) is 12.4 Å². The maximum atomic E-state index is 11.8. The summed E-state index contributed by atoms with van der Waals surface area (Å²) in [5.41, 5.74) is 6.48. The Balaban J connectivity index is 1.68. The maximum absolute atomic E-state index is 11.8. The molecule has 0 heterocycles. The van der Waals surface area contributed by atoms with E-state index in [9.17, 15) is 14.5 Å². The molecule has 0 aliphatic rings. The highest BCUT2D eigenvalue weighted by molar-refractivity contribution is 5.84. The largest absolute Gasteiger partial charge is 0.271 e. The SMILES string of the molecule is O=NN(CC(=O)N/N=C/C=C/c1ccccc1)CC(=O)N/N=C/C=C/c1ccccc1. The van der Waals surface area contributed by atoms with Crippen molar-refractivity contribution < 1.29 is 9.59 Å². The van der Waals surface area contributed by atoms with Crippen molar-refractivity contribution >= 4 is 36.4 Å². The predicted octanol–water partition coefficient (Wildman–Crippen LogP) is 2.60.